The number of amides is 1. The topological polar surface area (TPSA) is 41.9 Å². The molecule has 0 saturated carbocycles. The fourth-order valence-electron chi connectivity index (χ4n) is 2.42. The van der Waals surface area contributed by atoms with Crippen LogP contribution < -0.4 is 4.74 Å². The summed E-state index contributed by atoms with van der Waals surface area (Å²) in [6.07, 6.45) is 1.86. The Bertz CT molecular complexity index is 963. The van der Waals surface area contributed by atoms with Crippen LogP contribution in [0.25, 0.3) is 6.08 Å². The highest BCUT2D eigenvalue weighted by Crippen LogP contribution is 2.32. The number of carbonyl (C=O) groups excluding carboxylic acids is 1. The molecule has 3 rings (SSSR count). The maximum Gasteiger partial charge on any atom is 0.266 e. The molecule has 1 saturated heterocycles. The van der Waals surface area contributed by atoms with E-state index in [0.29, 0.717) is 26.7 Å². The van der Waals surface area contributed by atoms with Gasteiger partial charge in [-0.1, -0.05) is 35.3 Å². The molecule has 0 aliphatic carbocycles. The van der Waals surface area contributed by atoms with Crippen LogP contribution in [0.2, 0.25) is 10.0 Å². The van der Waals surface area contributed by atoms with Gasteiger partial charge in [0, 0.05) is 29.7 Å². The molecule has 2 aromatic carbocycles. The third-order valence-corrected chi connectivity index (χ3v) is 6.43. The molecule has 1 amide bonds. The van der Waals surface area contributed by atoms with Crippen molar-refractivity contribution in [3.05, 3.63) is 66.0 Å². The average molecular weight is 533 g/mol. The van der Waals surface area contributed by atoms with Crippen molar-refractivity contribution in [3.63, 3.8) is 0 Å². The monoisotopic (exact) mass is 532 g/mol. The number of carbonyl (C=O) groups is 1. The molecule has 1 heterocycles. The standard InChI is InChI=1S/C19H15Cl2IN2O2S/c1-23-19-24(2)18(25)17(27-19)8-11-3-6-16(15(22)7-11)26-10-12-4-5-13(20)9-14(12)21/h3-9H,10H2,1-2H3/b17-8-,23-19?. The second-order valence-corrected chi connectivity index (χ2v) is 8.71. The number of aliphatic imine (C=N–C) groups is 1. The highest BCUT2D eigenvalue weighted by molar-refractivity contribution is 14.1. The minimum Gasteiger partial charge on any atom is -0.488 e. The normalized spacial score (nSPS) is 17.2. The van der Waals surface area contributed by atoms with E-state index in [1.54, 1.807) is 31.1 Å². The molecule has 0 aromatic heterocycles. The molecule has 140 valence electrons. The van der Waals surface area contributed by atoms with E-state index in [0.717, 1.165) is 20.4 Å². The summed E-state index contributed by atoms with van der Waals surface area (Å²) < 4.78 is 6.83. The van der Waals surface area contributed by atoms with Gasteiger partial charge >= 0.3 is 0 Å². The van der Waals surface area contributed by atoms with E-state index in [1.807, 2.05) is 30.3 Å². The van der Waals surface area contributed by atoms with Crippen LogP contribution in [-0.2, 0) is 11.4 Å². The third-order valence-electron chi connectivity index (χ3n) is 3.85. The molecule has 27 heavy (non-hydrogen) atoms. The van der Waals surface area contributed by atoms with Crippen LogP contribution in [0, 0.1) is 3.57 Å². The Kier molecular flexibility index (Phi) is 6.73. The number of likely N-dealkylation sites (N-methyl/N-ethyl adjacent to an activating group) is 1. The van der Waals surface area contributed by atoms with E-state index in [9.17, 15) is 4.79 Å². The van der Waals surface area contributed by atoms with E-state index >= 15 is 0 Å². The number of nitrogens with zero attached hydrogens (tertiary/aromatic N) is 2. The Labute approximate surface area is 185 Å². The summed E-state index contributed by atoms with van der Waals surface area (Å²) in [5.41, 5.74) is 1.79. The predicted octanol–water partition coefficient (Wildman–Crippen LogP) is 5.71. The Morgan fingerprint density at radius 1 is 1.26 bits per heavy atom. The summed E-state index contributed by atoms with van der Waals surface area (Å²) in [6, 6.07) is 11.1. The molecule has 4 nitrogen and oxygen atoms in total. The van der Waals surface area contributed by atoms with Crippen LogP contribution in [0.4, 0.5) is 0 Å². The number of amidine groups is 1. The molecule has 0 radical (unpaired) electrons. The van der Waals surface area contributed by atoms with Crippen LogP contribution >= 0.6 is 57.6 Å². The van der Waals surface area contributed by atoms with Crippen molar-refractivity contribution >= 4 is 74.7 Å². The molecule has 0 atom stereocenters. The van der Waals surface area contributed by atoms with Crippen molar-refractivity contribution in [2.24, 2.45) is 4.99 Å². The summed E-state index contributed by atoms with van der Waals surface area (Å²) in [4.78, 5) is 18.6. The number of hydrogen-bond acceptors (Lipinski definition) is 4. The van der Waals surface area contributed by atoms with Gasteiger partial charge in [-0.2, -0.15) is 0 Å². The van der Waals surface area contributed by atoms with Crippen molar-refractivity contribution in [3.8, 4) is 5.75 Å². The lowest BCUT2D eigenvalue weighted by Gasteiger charge is -2.10. The number of benzene rings is 2. The number of hydrogen-bond donors (Lipinski definition) is 0. The van der Waals surface area contributed by atoms with Gasteiger partial charge in [-0.25, -0.2) is 0 Å². The predicted molar refractivity (Wildman–Crippen MR) is 122 cm³/mol. The minimum atomic E-state index is -0.0479. The van der Waals surface area contributed by atoms with E-state index in [-0.39, 0.29) is 5.91 Å². The molecule has 1 aliphatic rings. The van der Waals surface area contributed by atoms with Gasteiger partial charge in [-0.05, 0) is 70.3 Å². The van der Waals surface area contributed by atoms with Gasteiger partial charge in [0.15, 0.2) is 5.17 Å². The van der Waals surface area contributed by atoms with Crippen LogP contribution in [0.3, 0.4) is 0 Å². The van der Waals surface area contributed by atoms with Crippen molar-refractivity contribution in [2.45, 2.75) is 6.61 Å². The molecule has 0 N–H and O–H groups in total. The summed E-state index contributed by atoms with van der Waals surface area (Å²) in [6.45, 7) is 0.349. The lowest BCUT2D eigenvalue weighted by molar-refractivity contribution is -0.121. The van der Waals surface area contributed by atoms with Crippen LogP contribution in [0.1, 0.15) is 11.1 Å². The maximum atomic E-state index is 12.3. The molecule has 1 fully saturated rings. The quantitative estimate of drug-likeness (QED) is 0.374. The third kappa shape index (κ3) is 4.80. The number of thioether (sulfide) groups is 1. The second kappa shape index (κ2) is 8.86. The highest BCUT2D eigenvalue weighted by atomic mass is 127. The van der Waals surface area contributed by atoms with E-state index < -0.39 is 0 Å². The van der Waals surface area contributed by atoms with Gasteiger partial charge in [-0.15, -0.1) is 0 Å². The molecular formula is C19H15Cl2IN2O2S. The van der Waals surface area contributed by atoms with E-state index in [4.69, 9.17) is 27.9 Å². The second-order valence-electron chi connectivity index (χ2n) is 5.70. The summed E-state index contributed by atoms with van der Waals surface area (Å²) >= 11 is 15.7. The number of ether oxygens (including phenoxy) is 1. The summed E-state index contributed by atoms with van der Waals surface area (Å²) in [7, 11) is 3.40. The SMILES string of the molecule is CN=C1S/C(=C\c2ccc(OCc3ccc(Cl)cc3Cl)c(I)c2)C(=O)N1C. The lowest BCUT2D eigenvalue weighted by Crippen LogP contribution is -2.23. The zero-order valence-electron chi connectivity index (χ0n) is 14.5. The summed E-state index contributed by atoms with van der Waals surface area (Å²) in [5, 5.41) is 1.87. The largest absolute Gasteiger partial charge is 0.488 e. The molecule has 1 aliphatic heterocycles. The molecule has 8 heteroatoms. The number of rotatable bonds is 4. The first-order chi connectivity index (χ1) is 12.9. The van der Waals surface area contributed by atoms with Gasteiger partial charge in [0.2, 0.25) is 0 Å². The van der Waals surface area contributed by atoms with Gasteiger partial charge in [-0.3, -0.25) is 14.7 Å². The highest BCUT2D eigenvalue weighted by Gasteiger charge is 2.29. The maximum absolute atomic E-state index is 12.3. The molecule has 2 aromatic rings. The Hall–Kier alpha value is -1.22. The van der Waals surface area contributed by atoms with Crippen molar-refractivity contribution in [1.82, 2.24) is 4.90 Å². The fraction of sp³-hybridized carbons (Fsp3) is 0.158. The lowest BCUT2D eigenvalue weighted by atomic mass is 10.2. The molecule has 0 unspecified atom stereocenters. The Morgan fingerprint density at radius 2 is 2.04 bits per heavy atom. The van der Waals surface area contributed by atoms with Crippen molar-refractivity contribution in [1.29, 1.82) is 0 Å². The van der Waals surface area contributed by atoms with Crippen molar-refractivity contribution < 1.29 is 9.53 Å². The summed E-state index contributed by atoms with van der Waals surface area (Å²) in [5.74, 6) is 0.704. The minimum absolute atomic E-state index is 0.0479. The van der Waals surface area contributed by atoms with Crippen molar-refractivity contribution in [2.75, 3.05) is 14.1 Å². The van der Waals surface area contributed by atoms with Gasteiger partial charge < -0.3 is 4.74 Å². The Balaban J connectivity index is 1.74. The zero-order valence-corrected chi connectivity index (χ0v) is 19.0. The number of halogens is 3. The molecule has 0 bridgehead atoms. The van der Waals surface area contributed by atoms with E-state index in [1.165, 1.54) is 11.8 Å². The molecule has 0 spiro atoms. The van der Waals surface area contributed by atoms with Gasteiger partial charge in [0.05, 0.1) is 8.48 Å². The fourth-order valence-corrected chi connectivity index (χ4v) is 4.50. The van der Waals surface area contributed by atoms with Gasteiger partial charge in [0.1, 0.15) is 12.4 Å². The van der Waals surface area contributed by atoms with E-state index in [2.05, 4.69) is 27.6 Å². The van der Waals surface area contributed by atoms with Crippen LogP contribution in [0.15, 0.2) is 46.3 Å². The first-order valence-electron chi connectivity index (χ1n) is 7.89. The zero-order chi connectivity index (χ0) is 19.6. The Morgan fingerprint density at radius 3 is 2.67 bits per heavy atom. The van der Waals surface area contributed by atoms with Crippen LogP contribution in [0.5, 0.6) is 5.75 Å². The molecular weight excluding hydrogens is 518 g/mol. The van der Waals surface area contributed by atoms with Gasteiger partial charge in [0.25, 0.3) is 5.91 Å². The first kappa shape index (κ1) is 20.5. The average Bonchev–Trinajstić information content (AvgIpc) is 2.90. The first-order valence-corrected chi connectivity index (χ1v) is 10.5. The van der Waals surface area contributed by atoms with Crippen LogP contribution in [-0.4, -0.2) is 30.1 Å². The smallest absolute Gasteiger partial charge is 0.266 e.